The van der Waals surface area contributed by atoms with Gasteiger partial charge in [0.1, 0.15) is 6.61 Å². The Morgan fingerprint density at radius 3 is 2.12 bits per heavy atom. The molecule has 0 saturated heterocycles. The van der Waals surface area contributed by atoms with Gasteiger partial charge in [-0.25, -0.2) is 4.99 Å². The van der Waals surface area contributed by atoms with Crippen molar-refractivity contribution in [2.75, 3.05) is 6.61 Å². The molecule has 0 bridgehead atoms. The van der Waals surface area contributed by atoms with Gasteiger partial charge in [-0.2, -0.15) is 0 Å². The zero-order chi connectivity index (χ0) is 17.9. The highest BCUT2D eigenvalue weighted by Gasteiger charge is 2.33. The van der Waals surface area contributed by atoms with Gasteiger partial charge in [-0.15, -0.1) is 0 Å². The van der Waals surface area contributed by atoms with Crippen LogP contribution in [0.4, 0.5) is 0 Å². The molecule has 0 saturated carbocycles. The zero-order valence-corrected chi connectivity index (χ0v) is 16.1. The average Bonchev–Trinajstić information content (AvgIpc) is 3.33. The maximum absolute atomic E-state index is 6.02. The molecule has 0 radical (unpaired) electrons. The van der Waals surface area contributed by atoms with E-state index in [1.165, 1.54) is 16.2 Å². The molecule has 1 unspecified atom stereocenters. The van der Waals surface area contributed by atoms with Crippen LogP contribution in [-0.2, 0) is 4.74 Å². The van der Waals surface area contributed by atoms with Crippen molar-refractivity contribution in [1.82, 2.24) is 0 Å². The van der Waals surface area contributed by atoms with Crippen LogP contribution in [0.2, 0.25) is 0 Å². The average molecular weight is 361 g/mol. The molecule has 3 heteroatoms. The number of nitrogens with zero attached hydrogens (tertiary/aromatic N) is 1. The first-order valence-electron chi connectivity index (χ1n) is 9.23. The van der Waals surface area contributed by atoms with Crippen LogP contribution in [0.5, 0.6) is 0 Å². The van der Waals surface area contributed by atoms with Gasteiger partial charge in [-0.3, -0.25) is 0 Å². The lowest BCUT2D eigenvalue weighted by molar-refractivity contribution is 0.291. The molecule has 2 aromatic rings. The molecule has 0 spiro atoms. The summed E-state index contributed by atoms with van der Waals surface area (Å²) in [7, 11) is -0.553. The van der Waals surface area contributed by atoms with Gasteiger partial charge in [0.15, 0.2) is 0 Å². The molecule has 1 heterocycles. The molecule has 26 heavy (non-hydrogen) atoms. The second kappa shape index (κ2) is 7.60. The standard InChI is InChI=1S/C23H24NOP/c1-17(2)21-16-25-23(24-21)20-14-9-15-22(20)26(18-10-5-3-6-11-18)19-12-7-4-8-13-19/h3-15,17,21-22H,16H2,1-2H3/t21?,22-/m0/s1. The molecule has 0 fully saturated rings. The highest BCUT2D eigenvalue weighted by Crippen LogP contribution is 2.46. The Morgan fingerprint density at radius 2 is 1.58 bits per heavy atom. The first-order chi connectivity index (χ1) is 12.7. The third-order valence-corrected chi connectivity index (χ3v) is 7.64. The van der Waals surface area contributed by atoms with Crippen LogP contribution in [0.3, 0.4) is 0 Å². The Bertz CT molecular complexity index is 800. The Morgan fingerprint density at radius 1 is 0.962 bits per heavy atom. The highest BCUT2D eigenvalue weighted by molar-refractivity contribution is 7.74. The topological polar surface area (TPSA) is 21.6 Å². The molecule has 4 rings (SSSR count). The summed E-state index contributed by atoms with van der Waals surface area (Å²) in [4.78, 5) is 4.89. The van der Waals surface area contributed by atoms with Gasteiger partial charge in [-0.05, 0) is 24.4 Å². The smallest absolute Gasteiger partial charge is 0.213 e. The van der Waals surface area contributed by atoms with E-state index >= 15 is 0 Å². The van der Waals surface area contributed by atoms with E-state index < -0.39 is 7.92 Å². The summed E-state index contributed by atoms with van der Waals surface area (Å²) in [5.74, 6) is 1.35. The summed E-state index contributed by atoms with van der Waals surface area (Å²) < 4.78 is 6.02. The molecule has 2 aromatic carbocycles. The van der Waals surface area contributed by atoms with Crippen molar-refractivity contribution in [2.24, 2.45) is 10.9 Å². The van der Waals surface area contributed by atoms with Crippen LogP contribution < -0.4 is 10.6 Å². The molecule has 132 valence electrons. The van der Waals surface area contributed by atoms with Crippen molar-refractivity contribution in [2.45, 2.75) is 25.5 Å². The maximum Gasteiger partial charge on any atom is 0.213 e. The number of ether oxygens (including phenoxy) is 1. The predicted octanol–water partition coefficient (Wildman–Crippen LogP) is 4.44. The monoisotopic (exact) mass is 361 g/mol. The van der Waals surface area contributed by atoms with Crippen molar-refractivity contribution in [3.63, 3.8) is 0 Å². The van der Waals surface area contributed by atoms with Crippen molar-refractivity contribution in [3.8, 4) is 0 Å². The molecule has 0 aromatic heterocycles. The van der Waals surface area contributed by atoms with Crippen molar-refractivity contribution in [1.29, 1.82) is 0 Å². The van der Waals surface area contributed by atoms with E-state index in [9.17, 15) is 0 Å². The number of hydrogen-bond donors (Lipinski definition) is 0. The first kappa shape index (κ1) is 17.2. The minimum atomic E-state index is -0.553. The number of rotatable bonds is 5. The number of benzene rings is 2. The van der Waals surface area contributed by atoms with Gasteiger partial charge in [-0.1, -0.05) is 92.7 Å². The van der Waals surface area contributed by atoms with Gasteiger partial charge in [0.2, 0.25) is 5.90 Å². The predicted molar refractivity (Wildman–Crippen MR) is 112 cm³/mol. The normalized spacial score (nSPS) is 21.8. The third-order valence-electron chi connectivity index (χ3n) is 4.93. The van der Waals surface area contributed by atoms with Crippen LogP contribution in [-0.4, -0.2) is 24.2 Å². The molecular weight excluding hydrogens is 337 g/mol. The maximum atomic E-state index is 6.02. The van der Waals surface area contributed by atoms with Crippen LogP contribution >= 0.6 is 7.92 Å². The van der Waals surface area contributed by atoms with E-state index in [-0.39, 0.29) is 6.04 Å². The number of hydrogen-bond acceptors (Lipinski definition) is 2. The van der Waals surface area contributed by atoms with E-state index in [0.29, 0.717) is 18.2 Å². The Kier molecular flexibility index (Phi) is 5.04. The highest BCUT2D eigenvalue weighted by atomic mass is 31.1. The lowest BCUT2D eigenvalue weighted by Gasteiger charge is -2.26. The van der Waals surface area contributed by atoms with E-state index in [1.807, 2.05) is 0 Å². The van der Waals surface area contributed by atoms with Crippen LogP contribution in [0.1, 0.15) is 13.8 Å². The molecule has 2 nitrogen and oxygen atoms in total. The van der Waals surface area contributed by atoms with Gasteiger partial charge in [0.25, 0.3) is 0 Å². The van der Waals surface area contributed by atoms with Crippen molar-refractivity contribution in [3.05, 3.63) is 84.5 Å². The third kappa shape index (κ3) is 3.39. The summed E-state index contributed by atoms with van der Waals surface area (Å²) in [6.07, 6.45) is 6.67. The minimum Gasteiger partial charge on any atom is -0.475 e. The van der Waals surface area contributed by atoms with Crippen molar-refractivity contribution < 1.29 is 4.74 Å². The first-order valence-corrected chi connectivity index (χ1v) is 10.6. The largest absolute Gasteiger partial charge is 0.475 e. The SMILES string of the molecule is CC(C)C1COC(C2=CC=C[C@@H]2P(c2ccccc2)c2ccccc2)=N1. The summed E-state index contributed by atoms with van der Waals surface area (Å²) in [5, 5.41) is 2.77. The van der Waals surface area contributed by atoms with Gasteiger partial charge >= 0.3 is 0 Å². The molecule has 2 atom stereocenters. The zero-order valence-electron chi connectivity index (χ0n) is 15.2. The van der Waals surface area contributed by atoms with Gasteiger partial charge in [0.05, 0.1) is 6.04 Å². The lowest BCUT2D eigenvalue weighted by Crippen LogP contribution is -2.24. The summed E-state index contributed by atoms with van der Waals surface area (Å²) in [6, 6.07) is 22.0. The summed E-state index contributed by atoms with van der Waals surface area (Å²) in [6.45, 7) is 5.12. The molecule has 1 aliphatic heterocycles. The van der Waals surface area contributed by atoms with E-state index in [0.717, 1.165) is 5.90 Å². The van der Waals surface area contributed by atoms with Crippen molar-refractivity contribution >= 4 is 24.4 Å². The Hall–Kier alpha value is -2.18. The summed E-state index contributed by atoms with van der Waals surface area (Å²) >= 11 is 0. The molecule has 1 aliphatic carbocycles. The molecule has 2 aliphatic rings. The van der Waals surface area contributed by atoms with E-state index in [4.69, 9.17) is 9.73 Å². The number of aliphatic imine (C=N–C) groups is 1. The second-order valence-electron chi connectivity index (χ2n) is 7.05. The Balaban J connectivity index is 1.71. The van der Waals surface area contributed by atoms with Gasteiger partial charge in [0, 0.05) is 11.2 Å². The van der Waals surface area contributed by atoms with E-state index in [2.05, 4.69) is 92.7 Å². The van der Waals surface area contributed by atoms with Crippen LogP contribution in [0, 0.1) is 5.92 Å². The van der Waals surface area contributed by atoms with Crippen LogP contribution in [0.25, 0.3) is 0 Å². The van der Waals surface area contributed by atoms with E-state index in [1.54, 1.807) is 0 Å². The molecule has 0 amide bonds. The van der Waals surface area contributed by atoms with Crippen LogP contribution in [0.15, 0.2) is 89.5 Å². The minimum absolute atomic E-state index is 0.270. The summed E-state index contributed by atoms with van der Waals surface area (Å²) in [5.41, 5.74) is 1.53. The fourth-order valence-electron chi connectivity index (χ4n) is 3.43. The lowest BCUT2D eigenvalue weighted by atomic mass is 10.1. The quantitative estimate of drug-likeness (QED) is 0.722. The molecule has 0 N–H and O–H groups in total. The fourth-order valence-corrected chi connectivity index (χ4v) is 6.10. The Labute approximate surface area is 157 Å². The van der Waals surface area contributed by atoms with Gasteiger partial charge < -0.3 is 4.74 Å². The number of allylic oxidation sites excluding steroid dienone is 3. The second-order valence-corrected chi connectivity index (χ2v) is 9.38. The fraction of sp³-hybridized carbons (Fsp3) is 0.261. The molecular formula is C23H24NOP.